The third kappa shape index (κ3) is 26.3. The van der Waals surface area contributed by atoms with E-state index in [0.29, 0.717) is 77.0 Å². The van der Waals surface area contributed by atoms with E-state index in [9.17, 15) is 28.8 Å². The first kappa shape index (κ1) is 47.4. The molecular formula is C34H56N6O12. The monoisotopic (exact) mass is 740 g/mol. The standard InChI is InChI=1S/C34H56N6O12/c1-33(2,37-39-35)31(45)51-23-15-7-11-17-27(41)47-21-13-5-9-19-29(43)49-25-26-50-30(44)20-10-6-14-22-48-28(42)18-12-8-16-24-52-32(46)34(3,4)38-40-36/h5-26H2,1-4H3. The molecule has 0 saturated carbocycles. The summed E-state index contributed by atoms with van der Waals surface area (Å²) >= 11 is 0. The summed E-state index contributed by atoms with van der Waals surface area (Å²) in [5.41, 5.74) is 14.4. The van der Waals surface area contributed by atoms with Crippen LogP contribution < -0.4 is 0 Å². The highest BCUT2D eigenvalue weighted by Gasteiger charge is 2.28. The number of nitrogens with zero attached hydrogens (tertiary/aromatic N) is 6. The van der Waals surface area contributed by atoms with E-state index in [4.69, 9.17) is 39.5 Å². The number of carbonyl (C=O) groups excluding carboxylic acids is 6. The maximum atomic E-state index is 11.9. The summed E-state index contributed by atoms with van der Waals surface area (Å²) in [6.07, 6.45) is 8.29. The molecule has 0 aliphatic heterocycles. The summed E-state index contributed by atoms with van der Waals surface area (Å²) in [4.78, 5) is 76.3. The van der Waals surface area contributed by atoms with E-state index in [0.717, 1.165) is 0 Å². The van der Waals surface area contributed by atoms with Crippen LogP contribution in [0.5, 0.6) is 0 Å². The minimum atomic E-state index is -1.26. The fraction of sp³-hybridized carbons (Fsp3) is 0.824. The topological polar surface area (TPSA) is 255 Å². The number of esters is 6. The molecule has 0 atom stereocenters. The van der Waals surface area contributed by atoms with Gasteiger partial charge in [-0.1, -0.05) is 10.2 Å². The van der Waals surface area contributed by atoms with Crippen molar-refractivity contribution in [2.45, 2.75) is 142 Å². The molecule has 0 saturated heterocycles. The van der Waals surface area contributed by atoms with Crippen molar-refractivity contribution in [1.29, 1.82) is 0 Å². The first-order chi connectivity index (χ1) is 24.7. The lowest BCUT2D eigenvalue weighted by atomic mass is 10.1. The van der Waals surface area contributed by atoms with Crippen LogP contribution in [0, 0.1) is 0 Å². The van der Waals surface area contributed by atoms with Crippen molar-refractivity contribution >= 4 is 35.8 Å². The number of hydrogen-bond acceptors (Lipinski definition) is 14. The Morgan fingerprint density at radius 3 is 0.923 bits per heavy atom. The third-order valence-corrected chi connectivity index (χ3v) is 7.29. The van der Waals surface area contributed by atoms with Gasteiger partial charge in [0.05, 0.1) is 26.4 Å². The highest BCUT2D eigenvalue weighted by molar-refractivity contribution is 5.80. The van der Waals surface area contributed by atoms with E-state index in [1.165, 1.54) is 27.7 Å². The van der Waals surface area contributed by atoms with Gasteiger partial charge in [0.15, 0.2) is 0 Å². The van der Waals surface area contributed by atoms with Gasteiger partial charge in [-0.25, -0.2) is 0 Å². The average Bonchev–Trinajstić information content (AvgIpc) is 3.08. The zero-order valence-electron chi connectivity index (χ0n) is 31.1. The largest absolute Gasteiger partial charge is 0.466 e. The molecule has 0 bridgehead atoms. The molecule has 18 heteroatoms. The summed E-state index contributed by atoms with van der Waals surface area (Å²) in [5.74, 6) is -2.63. The zero-order chi connectivity index (χ0) is 39.1. The normalized spacial score (nSPS) is 10.9. The van der Waals surface area contributed by atoms with E-state index in [2.05, 4.69) is 20.1 Å². The van der Waals surface area contributed by atoms with E-state index >= 15 is 0 Å². The number of ether oxygens (including phenoxy) is 6. The van der Waals surface area contributed by atoms with Gasteiger partial charge in [0.1, 0.15) is 24.3 Å². The molecule has 0 amide bonds. The van der Waals surface area contributed by atoms with Crippen molar-refractivity contribution in [3.8, 4) is 0 Å². The van der Waals surface area contributed by atoms with Gasteiger partial charge in [-0.15, -0.1) is 0 Å². The van der Waals surface area contributed by atoms with Crippen LogP contribution in [0.1, 0.15) is 130 Å². The second kappa shape index (κ2) is 29.1. The maximum Gasteiger partial charge on any atom is 0.317 e. The van der Waals surface area contributed by atoms with E-state index in [1.54, 1.807) is 0 Å². The molecule has 0 radical (unpaired) electrons. The lowest BCUT2D eigenvalue weighted by Crippen LogP contribution is -2.31. The Morgan fingerprint density at radius 2 is 0.654 bits per heavy atom. The number of unbranched alkanes of at least 4 members (excludes halogenated alkanes) is 8. The van der Waals surface area contributed by atoms with Crippen LogP contribution in [-0.4, -0.2) is 86.5 Å². The molecule has 0 unspecified atom stereocenters. The Balaban J connectivity index is 3.60. The Bertz CT molecular complexity index is 1120. The van der Waals surface area contributed by atoms with E-state index < -0.39 is 35.0 Å². The van der Waals surface area contributed by atoms with Gasteiger partial charge in [-0.05, 0) is 116 Å². The molecule has 0 aromatic rings. The third-order valence-electron chi connectivity index (χ3n) is 7.29. The van der Waals surface area contributed by atoms with Crippen molar-refractivity contribution in [2.24, 2.45) is 10.2 Å². The molecular weight excluding hydrogens is 684 g/mol. The highest BCUT2D eigenvalue weighted by Crippen LogP contribution is 2.14. The predicted octanol–water partition coefficient (Wildman–Crippen LogP) is 6.67. The number of hydrogen-bond donors (Lipinski definition) is 0. The molecule has 0 rings (SSSR count). The van der Waals surface area contributed by atoms with Gasteiger partial charge >= 0.3 is 35.8 Å². The molecule has 0 fully saturated rings. The van der Waals surface area contributed by atoms with E-state index in [-0.39, 0.29) is 77.3 Å². The first-order valence-corrected chi connectivity index (χ1v) is 17.8. The lowest BCUT2D eigenvalue weighted by molar-refractivity contribution is -0.152. The van der Waals surface area contributed by atoms with Crippen molar-refractivity contribution in [1.82, 2.24) is 0 Å². The van der Waals surface area contributed by atoms with Crippen LogP contribution in [-0.2, 0) is 57.2 Å². The smallest absolute Gasteiger partial charge is 0.317 e. The van der Waals surface area contributed by atoms with Crippen molar-refractivity contribution < 1.29 is 57.2 Å². The molecule has 0 heterocycles. The average molecular weight is 741 g/mol. The Hall–Kier alpha value is -4.56. The molecule has 0 aliphatic rings. The van der Waals surface area contributed by atoms with Gasteiger partial charge in [0.2, 0.25) is 0 Å². The second-order valence-corrected chi connectivity index (χ2v) is 12.9. The van der Waals surface area contributed by atoms with Gasteiger partial charge in [-0.2, -0.15) is 0 Å². The summed E-state index contributed by atoms with van der Waals surface area (Å²) in [7, 11) is 0. The summed E-state index contributed by atoms with van der Waals surface area (Å²) in [6, 6.07) is 0. The molecule has 18 nitrogen and oxygen atoms in total. The minimum absolute atomic E-state index is 0.0327. The molecule has 0 aliphatic carbocycles. The van der Waals surface area contributed by atoms with Crippen LogP contribution in [0.15, 0.2) is 10.2 Å². The van der Waals surface area contributed by atoms with Crippen LogP contribution in [0.2, 0.25) is 0 Å². The zero-order valence-corrected chi connectivity index (χ0v) is 31.1. The van der Waals surface area contributed by atoms with Gasteiger partial charge in [-0.3, -0.25) is 28.8 Å². The van der Waals surface area contributed by atoms with Crippen LogP contribution >= 0.6 is 0 Å². The van der Waals surface area contributed by atoms with E-state index in [1.807, 2.05) is 0 Å². The fourth-order valence-electron chi connectivity index (χ4n) is 4.15. The summed E-state index contributed by atoms with van der Waals surface area (Å²) in [6.45, 7) is 6.67. The van der Waals surface area contributed by atoms with Gasteiger partial charge in [0.25, 0.3) is 0 Å². The molecule has 52 heavy (non-hydrogen) atoms. The Morgan fingerprint density at radius 1 is 0.404 bits per heavy atom. The Labute approximate surface area is 305 Å². The molecule has 294 valence electrons. The van der Waals surface area contributed by atoms with Crippen molar-refractivity contribution in [2.75, 3.05) is 39.6 Å². The minimum Gasteiger partial charge on any atom is -0.466 e. The highest BCUT2D eigenvalue weighted by atomic mass is 16.6. The van der Waals surface area contributed by atoms with Crippen molar-refractivity contribution in [3.05, 3.63) is 20.9 Å². The Kier molecular flexibility index (Phi) is 26.5. The number of azide groups is 2. The quantitative estimate of drug-likeness (QED) is 0.0180. The van der Waals surface area contributed by atoms with Gasteiger partial charge < -0.3 is 28.4 Å². The number of carbonyl (C=O) groups is 6. The van der Waals surface area contributed by atoms with Crippen LogP contribution in [0.3, 0.4) is 0 Å². The predicted molar refractivity (Wildman–Crippen MR) is 186 cm³/mol. The van der Waals surface area contributed by atoms with Gasteiger partial charge in [0, 0.05) is 35.5 Å². The molecule has 0 spiro atoms. The fourth-order valence-corrected chi connectivity index (χ4v) is 4.15. The SMILES string of the molecule is CC(C)(N=[N+]=[N-])C(=O)OCCCCCC(=O)OCCCCCC(=O)OCCOC(=O)CCCCCOC(=O)CCCCCOC(=O)C(C)(C)N=[N+]=[N-]. The molecule has 0 N–H and O–H groups in total. The maximum absolute atomic E-state index is 11.9. The van der Waals surface area contributed by atoms with Crippen molar-refractivity contribution in [3.63, 3.8) is 0 Å². The first-order valence-electron chi connectivity index (χ1n) is 17.8. The number of rotatable bonds is 31. The second-order valence-electron chi connectivity index (χ2n) is 12.9. The lowest BCUT2D eigenvalue weighted by Gasteiger charge is -2.15. The summed E-state index contributed by atoms with van der Waals surface area (Å²) < 4.78 is 30.7. The van der Waals surface area contributed by atoms with Crippen LogP contribution in [0.25, 0.3) is 20.9 Å². The molecule has 0 aromatic heterocycles. The summed E-state index contributed by atoms with van der Waals surface area (Å²) in [5, 5.41) is 6.78. The van der Waals surface area contributed by atoms with Crippen LogP contribution in [0.4, 0.5) is 0 Å². The molecule has 0 aromatic carbocycles.